The van der Waals surface area contributed by atoms with Crippen LogP contribution in [0.5, 0.6) is 0 Å². The van der Waals surface area contributed by atoms with Crippen LogP contribution in [0.4, 0.5) is 26.4 Å². The van der Waals surface area contributed by atoms with Crippen molar-refractivity contribution in [2.24, 2.45) is 0 Å². The number of hydrogen-bond donors (Lipinski definition) is 2. The van der Waals surface area contributed by atoms with Crippen LogP contribution in [0, 0.1) is 18.6 Å². The molecule has 0 bridgehead atoms. The van der Waals surface area contributed by atoms with Gasteiger partial charge in [-0.25, -0.2) is 28.7 Å². The van der Waals surface area contributed by atoms with E-state index in [-0.39, 0.29) is 23.2 Å². The predicted molar refractivity (Wildman–Crippen MR) is 150 cm³/mol. The molecule has 0 amide bonds. The summed E-state index contributed by atoms with van der Waals surface area (Å²) in [5.74, 6) is 0.102. The van der Waals surface area contributed by atoms with E-state index < -0.39 is 11.6 Å². The van der Waals surface area contributed by atoms with Gasteiger partial charge in [-0.2, -0.15) is 0 Å². The molecule has 11 heteroatoms. The first-order chi connectivity index (χ1) is 18.8. The highest BCUT2D eigenvalue weighted by Crippen LogP contribution is 2.31. The third kappa shape index (κ3) is 4.67. The molecule has 0 aliphatic carbocycles. The summed E-state index contributed by atoms with van der Waals surface area (Å²) in [6, 6.07) is 9.20. The summed E-state index contributed by atoms with van der Waals surface area (Å²) >= 11 is 0. The maximum Gasteiger partial charge on any atom is 0.230 e. The molecule has 0 unspecified atom stereocenters. The highest BCUT2D eigenvalue weighted by Gasteiger charge is 2.19. The molecule has 5 aromatic rings. The second-order valence-corrected chi connectivity index (χ2v) is 10.2. The number of aromatic nitrogens is 6. The third-order valence-electron chi connectivity index (χ3n) is 7.34. The molecule has 2 aromatic carbocycles. The van der Waals surface area contributed by atoms with Gasteiger partial charge in [0, 0.05) is 43.5 Å². The van der Waals surface area contributed by atoms with Crippen molar-refractivity contribution >= 4 is 39.7 Å². The van der Waals surface area contributed by atoms with Crippen molar-refractivity contribution in [3.63, 3.8) is 0 Å². The first kappa shape index (κ1) is 25.2. The van der Waals surface area contributed by atoms with Crippen molar-refractivity contribution in [3.8, 4) is 11.3 Å². The number of likely N-dealkylation sites (N-methyl/N-ethyl adjacent to an activating group) is 1. The zero-order valence-corrected chi connectivity index (χ0v) is 22.5. The van der Waals surface area contributed by atoms with Gasteiger partial charge in [0.05, 0.1) is 22.7 Å². The summed E-state index contributed by atoms with van der Waals surface area (Å²) < 4.78 is 31.8. The molecule has 6 rings (SSSR count). The fraction of sp³-hybridized carbons (Fsp3) is 0.357. The number of benzene rings is 2. The zero-order chi connectivity index (χ0) is 27.3. The number of nitrogens with one attached hydrogen (secondary N) is 2. The van der Waals surface area contributed by atoms with Crippen molar-refractivity contribution in [2.45, 2.75) is 33.7 Å². The number of fused-ring (bicyclic) bond motifs is 2. The molecular weight excluding hydrogens is 500 g/mol. The highest BCUT2D eigenvalue weighted by atomic mass is 19.1. The molecule has 0 radical (unpaired) electrons. The smallest absolute Gasteiger partial charge is 0.230 e. The van der Waals surface area contributed by atoms with Gasteiger partial charge in [-0.05, 0) is 57.6 Å². The van der Waals surface area contributed by atoms with Crippen LogP contribution < -0.4 is 10.2 Å². The maximum absolute atomic E-state index is 15.0. The van der Waals surface area contributed by atoms with Crippen molar-refractivity contribution in [3.05, 3.63) is 54.0 Å². The van der Waals surface area contributed by atoms with Gasteiger partial charge < -0.3 is 19.4 Å². The van der Waals surface area contributed by atoms with Crippen molar-refractivity contribution in [2.75, 3.05) is 42.9 Å². The first-order valence-electron chi connectivity index (χ1n) is 13.3. The maximum atomic E-state index is 15.0. The molecule has 0 atom stereocenters. The fourth-order valence-corrected chi connectivity index (χ4v) is 5.37. The van der Waals surface area contributed by atoms with E-state index in [1.54, 1.807) is 6.07 Å². The molecule has 0 saturated carbocycles. The summed E-state index contributed by atoms with van der Waals surface area (Å²) in [6.45, 7) is 13.1. The molecule has 4 heterocycles. The predicted octanol–water partition coefficient (Wildman–Crippen LogP) is 5.42. The number of nitrogens with zero attached hydrogens (tertiary/aromatic N) is 7. The van der Waals surface area contributed by atoms with Crippen LogP contribution in [-0.4, -0.2) is 67.1 Å². The van der Waals surface area contributed by atoms with Gasteiger partial charge in [0.2, 0.25) is 11.9 Å². The van der Waals surface area contributed by atoms with Crippen LogP contribution >= 0.6 is 0 Å². The number of H-pyrrole nitrogens is 1. The Bertz CT molecular complexity index is 1670. The van der Waals surface area contributed by atoms with Gasteiger partial charge in [-0.1, -0.05) is 6.92 Å². The lowest BCUT2D eigenvalue weighted by molar-refractivity contribution is 0.271. The van der Waals surface area contributed by atoms with E-state index in [0.29, 0.717) is 22.9 Å². The van der Waals surface area contributed by atoms with E-state index in [1.807, 2.05) is 31.4 Å². The molecule has 1 fully saturated rings. The number of rotatable bonds is 6. The van der Waals surface area contributed by atoms with Crippen LogP contribution in [0.2, 0.25) is 0 Å². The quantitative estimate of drug-likeness (QED) is 0.302. The van der Waals surface area contributed by atoms with E-state index in [4.69, 9.17) is 0 Å². The summed E-state index contributed by atoms with van der Waals surface area (Å²) in [5, 5.41) is 3.04. The van der Waals surface area contributed by atoms with Gasteiger partial charge in [0.15, 0.2) is 11.6 Å². The molecule has 2 N–H and O–H groups in total. The van der Waals surface area contributed by atoms with Gasteiger partial charge >= 0.3 is 0 Å². The Morgan fingerprint density at radius 1 is 1.00 bits per heavy atom. The van der Waals surface area contributed by atoms with Gasteiger partial charge in [0.25, 0.3) is 0 Å². The number of piperazine rings is 1. The largest absolute Gasteiger partial charge is 0.369 e. The average molecular weight is 532 g/mol. The second-order valence-electron chi connectivity index (χ2n) is 10.2. The van der Waals surface area contributed by atoms with E-state index in [9.17, 15) is 4.39 Å². The summed E-state index contributed by atoms with van der Waals surface area (Å²) in [7, 11) is 0. The van der Waals surface area contributed by atoms with E-state index in [1.165, 1.54) is 6.07 Å². The molecule has 1 aliphatic heterocycles. The van der Waals surface area contributed by atoms with Crippen LogP contribution in [0.1, 0.15) is 32.6 Å². The number of imidazole rings is 2. The second kappa shape index (κ2) is 9.88. The van der Waals surface area contributed by atoms with Crippen LogP contribution in [-0.2, 0) is 0 Å². The first-order valence-corrected chi connectivity index (χ1v) is 13.3. The Hall–Kier alpha value is -4.12. The lowest BCUT2D eigenvalue weighted by atomic mass is 10.1. The lowest BCUT2D eigenvalue weighted by Crippen LogP contribution is -2.46. The third-order valence-corrected chi connectivity index (χ3v) is 7.34. The van der Waals surface area contributed by atoms with Crippen LogP contribution in [0.25, 0.3) is 33.3 Å². The lowest BCUT2D eigenvalue weighted by Gasteiger charge is -2.35. The minimum absolute atomic E-state index is 0.00734. The highest BCUT2D eigenvalue weighted by molar-refractivity contribution is 5.84. The molecular formula is C28H31F2N9. The Labute approximate surface area is 224 Å². The van der Waals surface area contributed by atoms with Gasteiger partial charge in [-0.15, -0.1) is 0 Å². The van der Waals surface area contributed by atoms with Gasteiger partial charge in [0.1, 0.15) is 17.0 Å². The van der Waals surface area contributed by atoms with Gasteiger partial charge in [-0.3, -0.25) is 5.32 Å². The Morgan fingerprint density at radius 2 is 1.79 bits per heavy atom. The summed E-state index contributed by atoms with van der Waals surface area (Å²) in [4.78, 5) is 25.5. The van der Waals surface area contributed by atoms with Crippen LogP contribution in [0.3, 0.4) is 0 Å². The Morgan fingerprint density at radius 3 is 2.54 bits per heavy atom. The topological polar surface area (TPSA) is 90.8 Å². The fourth-order valence-electron chi connectivity index (χ4n) is 5.37. The Balaban J connectivity index is 1.29. The number of aromatic amines is 1. The van der Waals surface area contributed by atoms with Crippen molar-refractivity contribution in [1.82, 2.24) is 34.4 Å². The average Bonchev–Trinajstić information content (AvgIpc) is 3.49. The molecule has 9 nitrogen and oxygen atoms in total. The molecule has 1 aliphatic rings. The van der Waals surface area contributed by atoms with Crippen molar-refractivity contribution in [1.29, 1.82) is 0 Å². The van der Waals surface area contributed by atoms with Crippen LogP contribution in [0.15, 0.2) is 36.5 Å². The molecule has 1 saturated heterocycles. The number of halogens is 2. The molecule has 0 spiro atoms. The van der Waals surface area contributed by atoms with E-state index in [0.717, 1.165) is 55.6 Å². The molecule has 3 aromatic heterocycles. The van der Waals surface area contributed by atoms with E-state index in [2.05, 4.69) is 59.1 Å². The normalized spacial score (nSPS) is 14.7. The molecule has 39 heavy (non-hydrogen) atoms. The summed E-state index contributed by atoms with van der Waals surface area (Å²) in [5.41, 5.74) is 3.95. The SMILES string of the molecule is CCN1CCN(c2ccc3[nH]c(Nc4ncc(F)c(-c5cc(F)c6nc(C)n(C(C)C)c6c5)n4)nc3c2)CC1. The number of anilines is 3. The summed E-state index contributed by atoms with van der Waals surface area (Å²) in [6.07, 6.45) is 1.08. The standard InChI is InChI=1S/C28H31F2N9/c1-5-37-8-10-38(11-9-37)19-6-7-22-23(14-19)34-28(33-22)36-27-31-15-21(30)25(35-27)18-12-20(29)26-24(13-18)39(16(2)3)17(4)32-26/h6-7,12-16H,5,8-11H2,1-4H3,(H2,31,33,34,35,36). The molecule has 202 valence electrons. The minimum Gasteiger partial charge on any atom is -0.369 e. The minimum atomic E-state index is -0.649. The van der Waals surface area contributed by atoms with E-state index >= 15 is 4.39 Å². The number of hydrogen-bond acceptors (Lipinski definition) is 7. The zero-order valence-electron chi connectivity index (χ0n) is 22.5. The number of aryl methyl sites for hydroxylation is 1. The Kier molecular flexibility index (Phi) is 6.38. The monoisotopic (exact) mass is 531 g/mol. The van der Waals surface area contributed by atoms with Crippen molar-refractivity contribution < 1.29 is 8.78 Å².